The smallest absolute Gasteiger partial charge is 0.137 e. The summed E-state index contributed by atoms with van der Waals surface area (Å²) in [6.45, 7) is 0. The van der Waals surface area contributed by atoms with Crippen LogP contribution in [0.5, 0.6) is 0 Å². The molecule has 9 aromatic carbocycles. The summed E-state index contributed by atoms with van der Waals surface area (Å²) in [6.07, 6.45) is 0. The molecular formula is C52H35NO. The largest absolute Gasteiger partial charge is 0.456 e. The molecule has 0 unspecified atom stereocenters. The third kappa shape index (κ3) is 5.53. The minimum atomic E-state index is 0.865. The molecule has 54 heavy (non-hydrogen) atoms. The maximum absolute atomic E-state index is 6.43. The molecule has 0 atom stereocenters. The molecule has 0 radical (unpaired) electrons. The highest BCUT2D eigenvalue weighted by Gasteiger charge is 2.22. The van der Waals surface area contributed by atoms with E-state index in [0.717, 1.165) is 50.1 Å². The van der Waals surface area contributed by atoms with E-state index in [2.05, 4.69) is 205 Å². The summed E-state index contributed by atoms with van der Waals surface area (Å²) >= 11 is 0. The lowest BCUT2D eigenvalue weighted by Gasteiger charge is -2.29. The topological polar surface area (TPSA) is 16.4 Å². The number of anilines is 3. The molecular weight excluding hydrogens is 655 g/mol. The van der Waals surface area contributed by atoms with Crippen molar-refractivity contribution in [3.05, 3.63) is 212 Å². The van der Waals surface area contributed by atoms with Gasteiger partial charge in [0, 0.05) is 16.6 Å². The van der Waals surface area contributed by atoms with Crippen LogP contribution in [0.3, 0.4) is 0 Å². The minimum Gasteiger partial charge on any atom is -0.456 e. The molecule has 1 heterocycles. The van der Waals surface area contributed by atoms with Crippen LogP contribution >= 0.6 is 0 Å². The van der Waals surface area contributed by atoms with Gasteiger partial charge in [-0.2, -0.15) is 0 Å². The predicted octanol–water partition coefficient (Wildman–Crippen LogP) is 14.9. The van der Waals surface area contributed by atoms with Crippen molar-refractivity contribution in [2.45, 2.75) is 0 Å². The highest BCUT2D eigenvalue weighted by Crippen LogP contribution is 2.47. The maximum Gasteiger partial charge on any atom is 0.137 e. The lowest BCUT2D eigenvalue weighted by atomic mass is 9.89. The van der Waals surface area contributed by atoms with Gasteiger partial charge < -0.3 is 9.32 Å². The third-order valence-electron chi connectivity index (χ3n) is 10.5. The summed E-state index contributed by atoms with van der Waals surface area (Å²) in [5, 5.41) is 4.67. The first-order valence-electron chi connectivity index (χ1n) is 18.4. The number of hydrogen-bond acceptors (Lipinski definition) is 2. The Morgan fingerprint density at radius 2 is 0.870 bits per heavy atom. The number of furan rings is 1. The van der Waals surface area contributed by atoms with Gasteiger partial charge in [-0.15, -0.1) is 0 Å². The number of hydrogen-bond donors (Lipinski definition) is 0. The number of fused-ring (bicyclic) bond motifs is 4. The van der Waals surface area contributed by atoms with Crippen LogP contribution in [0.1, 0.15) is 0 Å². The molecule has 0 fully saturated rings. The first-order valence-corrected chi connectivity index (χ1v) is 18.4. The lowest BCUT2D eigenvalue weighted by Crippen LogP contribution is -2.11. The van der Waals surface area contributed by atoms with Crippen molar-refractivity contribution in [2.75, 3.05) is 4.90 Å². The Hall–Kier alpha value is -7.16. The highest BCUT2D eigenvalue weighted by molar-refractivity contribution is 6.14. The van der Waals surface area contributed by atoms with Crippen LogP contribution < -0.4 is 4.90 Å². The van der Waals surface area contributed by atoms with Crippen molar-refractivity contribution < 1.29 is 4.42 Å². The molecule has 10 aromatic rings. The van der Waals surface area contributed by atoms with Gasteiger partial charge in [0.15, 0.2) is 0 Å². The Balaban J connectivity index is 1.16. The van der Waals surface area contributed by atoms with Gasteiger partial charge in [-0.05, 0) is 86.1 Å². The Kier molecular flexibility index (Phi) is 7.85. The second-order valence-electron chi connectivity index (χ2n) is 13.7. The van der Waals surface area contributed by atoms with E-state index in [1.165, 1.54) is 44.2 Å². The molecule has 0 saturated heterocycles. The zero-order valence-electron chi connectivity index (χ0n) is 29.6. The van der Waals surface area contributed by atoms with Gasteiger partial charge in [-0.1, -0.05) is 176 Å². The quantitative estimate of drug-likeness (QED) is 0.166. The summed E-state index contributed by atoms with van der Waals surface area (Å²) in [5.74, 6) is 0. The van der Waals surface area contributed by atoms with Crippen LogP contribution in [-0.2, 0) is 0 Å². The van der Waals surface area contributed by atoms with Crippen molar-refractivity contribution in [3.8, 4) is 44.5 Å². The lowest BCUT2D eigenvalue weighted by molar-refractivity contribution is 0.669. The molecule has 2 heteroatoms. The molecule has 0 spiro atoms. The van der Waals surface area contributed by atoms with Crippen molar-refractivity contribution in [2.24, 2.45) is 0 Å². The van der Waals surface area contributed by atoms with Crippen LogP contribution in [0.25, 0.3) is 77.2 Å². The maximum atomic E-state index is 6.43. The minimum absolute atomic E-state index is 0.865. The molecule has 0 bridgehead atoms. The summed E-state index contributed by atoms with van der Waals surface area (Å²) in [6, 6.07) is 75.9. The van der Waals surface area contributed by atoms with E-state index >= 15 is 0 Å². The first kappa shape index (κ1) is 31.6. The average molecular weight is 690 g/mol. The number of nitrogens with zero attached hydrogens (tertiary/aromatic N) is 1. The van der Waals surface area contributed by atoms with Gasteiger partial charge in [0.1, 0.15) is 11.2 Å². The Morgan fingerprint density at radius 3 is 1.67 bits per heavy atom. The van der Waals surface area contributed by atoms with Crippen LogP contribution in [0.2, 0.25) is 0 Å². The van der Waals surface area contributed by atoms with Crippen LogP contribution in [0, 0.1) is 0 Å². The van der Waals surface area contributed by atoms with E-state index in [1.54, 1.807) is 0 Å². The molecule has 10 rings (SSSR count). The number of rotatable bonds is 7. The molecule has 0 N–H and O–H groups in total. The predicted molar refractivity (Wildman–Crippen MR) is 228 cm³/mol. The normalized spacial score (nSPS) is 11.3. The number of benzene rings is 9. The van der Waals surface area contributed by atoms with Crippen LogP contribution in [0.15, 0.2) is 217 Å². The SMILES string of the molecule is c1ccc(-c2ccc(-c3ccccc3N(c3ccc(-c4ccc5ccccc5c4-c4ccccc4)cc3)c3cccc4oc5ccccc5c34)cc2)cc1. The zero-order valence-corrected chi connectivity index (χ0v) is 29.6. The molecule has 0 amide bonds. The van der Waals surface area contributed by atoms with Gasteiger partial charge in [0.05, 0.1) is 16.8 Å². The monoisotopic (exact) mass is 689 g/mol. The Morgan fingerprint density at radius 1 is 0.315 bits per heavy atom. The summed E-state index contributed by atoms with van der Waals surface area (Å²) in [7, 11) is 0. The average Bonchev–Trinajstić information content (AvgIpc) is 3.64. The fraction of sp³-hybridized carbons (Fsp3) is 0. The van der Waals surface area contributed by atoms with Gasteiger partial charge >= 0.3 is 0 Å². The Labute approximate surface area is 314 Å². The fourth-order valence-electron chi connectivity index (χ4n) is 7.95. The van der Waals surface area contributed by atoms with Gasteiger partial charge in [0.25, 0.3) is 0 Å². The Bertz CT molecular complexity index is 2910. The fourth-order valence-corrected chi connectivity index (χ4v) is 7.95. The second kappa shape index (κ2) is 13.4. The molecule has 0 aliphatic rings. The molecule has 2 nitrogen and oxygen atoms in total. The van der Waals surface area contributed by atoms with Crippen molar-refractivity contribution in [3.63, 3.8) is 0 Å². The van der Waals surface area contributed by atoms with Gasteiger partial charge in [-0.25, -0.2) is 0 Å². The van der Waals surface area contributed by atoms with E-state index < -0.39 is 0 Å². The molecule has 1 aromatic heterocycles. The van der Waals surface area contributed by atoms with E-state index in [-0.39, 0.29) is 0 Å². The standard InChI is InChI=1S/C52H35NO/c1-3-14-36(15-4-1)37-26-28-39(29-27-37)43-19-9-11-22-47(43)53(48-23-13-25-50-52(48)46-21-10-12-24-49(46)54-50)42-33-30-40(31-34-42)45-35-32-38-16-7-8-20-44(38)51(45)41-17-5-2-6-18-41/h1-35H. The zero-order chi connectivity index (χ0) is 35.8. The summed E-state index contributed by atoms with van der Waals surface area (Å²) in [4.78, 5) is 2.40. The summed E-state index contributed by atoms with van der Waals surface area (Å²) in [5.41, 5.74) is 14.5. The molecule has 0 saturated carbocycles. The van der Waals surface area contributed by atoms with E-state index in [9.17, 15) is 0 Å². The highest BCUT2D eigenvalue weighted by atomic mass is 16.3. The van der Waals surface area contributed by atoms with Gasteiger partial charge in [-0.3, -0.25) is 0 Å². The van der Waals surface area contributed by atoms with Crippen molar-refractivity contribution in [1.82, 2.24) is 0 Å². The third-order valence-corrected chi connectivity index (χ3v) is 10.5. The van der Waals surface area contributed by atoms with Crippen LogP contribution in [-0.4, -0.2) is 0 Å². The van der Waals surface area contributed by atoms with E-state index in [4.69, 9.17) is 4.42 Å². The number of para-hydroxylation sites is 2. The van der Waals surface area contributed by atoms with E-state index in [1.807, 2.05) is 12.1 Å². The van der Waals surface area contributed by atoms with Gasteiger partial charge in [0.2, 0.25) is 0 Å². The molecule has 254 valence electrons. The summed E-state index contributed by atoms with van der Waals surface area (Å²) < 4.78 is 6.43. The van der Waals surface area contributed by atoms with Crippen molar-refractivity contribution in [1.29, 1.82) is 0 Å². The molecule has 0 aliphatic heterocycles. The first-order chi connectivity index (χ1) is 26.8. The van der Waals surface area contributed by atoms with Crippen molar-refractivity contribution >= 4 is 49.8 Å². The molecule has 0 aliphatic carbocycles. The van der Waals surface area contributed by atoms with E-state index in [0.29, 0.717) is 0 Å². The van der Waals surface area contributed by atoms with Crippen LogP contribution in [0.4, 0.5) is 17.1 Å². The second-order valence-corrected chi connectivity index (χ2v) is 13.7.